The summed E-state index contributed by atoms with van der Waals surface area (Å²) in [4.78, 5) is 4.36. The standard InChI is InChI=1S/C19H30BrN3O/c1-15(2)8-11-22-18(21-3)23-14-19(9-12-24-13-10-19)16-4-6-17(20)7-5-16/h4-7,15H,8-14H2,1-3H3,(H2,21,22,23). The Labute approximate surface area is 154 Å². The van der Waals surface area contributed by atoms with Crippen LogP contribution in [0.15, 0.2) is 33.7 Å². The SMILES string of the molecule is CN=C(NCCC(C)C)NCC1(c2ccc(Br)cc2)CCOCC1. The zero-order valence-corrected chi connectivity index (χ0v) is 16.7. The van der Waals surface area contributed by atoms with Crippen molar-refractivity contribution in [2.24, 2.45) is 10.9 Å². The van der Waals surface area contributed by atoms with E-state index in [0.29, 0.717) is 5.92 Å². The predicted octanol–water partition coefficient (Wildman–Crippen LogP) is 3.71. The molecule has 1 aliphatic rings. The van der Waals surface area contributed by atoms with Gasteiger partial charge in [0.1, 0.15) is 0 Å². The molecule has 0 unspecified atom stereocenters. The Kier molecular flexibility index (Phi) is 7.56. The van der Waals surface area contributed by atoms with Gasteiger partial charge >= 0.3 is 0 Å². The molecule has 5 heteroatoms. The van der Waals surface area contributed by atoms with Gasteiger partial charge < -0.3 is 15.4 Å². The molecule has 24 heavy (non-hydrogen) atoms. The largest absolute Gasteiger partial charge is 0.381 e. The lowest BCUT2D eigenvalue weighted by Crippen LogP contribution is -2.48. The first-order valence-corrected chi connectivity index (χ1v) is 9.63. The fourth-order valence-electron chi connectivity index (χ4n) is 3.09. The van der Waals surface area contributed by atoms with Gasteiger partial charge in [-0.2, -0.15) is 0 Å². The van der Waals surface area contributed by atoms with E-state index >= 15 is 0 Å². The second-order valence-corrected chi connectivity index (χ2v) is 7.85. The van der Waals surface area contributed by atoms with E-state index in [0.717, 1.165) is 56.0 Å². The van der Waals surface area contributed by atoms with Crippen molar-refractivity contribution in [3.8, 4) is 0 Å². The average molecular weight is 396 g/mol. The summed E-state index contributed by atoms with van der Waals surface area (Å²) in [7, 11) is 1.83. The van der Waals surface area contributed by atoms with Gasteiger partial charge in [0.05, 0.1) is 0 Å². The van der Waals surface area contributed by atoms with Crippen molar-refractivity contribution in [2.45, 2.75) is 38.5 Å². The molecule has 1 aromatic rings. The molecular weight excluding hydrogens is 366 g/mol. The Morgan fingerprint density at radius 3 is 2.46 bits per heavy atom. The van der Waals surface area contributed by atoms with E-state index in [1.54, 1.807) is 0 Å². The van der Waals surface area contributed by atoms with Gasteiger partial charge in [0.15, 0.2) is 5.96 Å². The third kappa shape index (κ3) is 5.49. The van der Waals surface area contributed by atoms with Gasteiger partial charge in [0, 0.05) is 43.2 Å². The molecule has 2 rings (SSSR count). The number of nitrogens with one attached hydrogen (secondary N) is 2. The van der Waals surface area contributed by atoms with Gasteiger partial charge in [-0.3, -0.25) is 4.99 Å². The topological polar surface area (TPSA) is 45.7 Å². The number of halogens is 1. The van der Waals surface area contributed by atoms with Crippen LogP contribution in [0.3, 0.4) is 0 Å². The lowest BCUT2D eigenvalue weighted by molar-refractivity contribution is 0.0514. The first-order chi connectivity index (χ1) is 11.6. The summed E-state index contributed by atoms with van der Waals surface area (Å²) in [5.41, 5.74) is 1.48. The zero-order chi connectivity index (χ0) is 17.4. The van der Waals surface area contributed by atoms with Gasteiger partial charge in [-0.05, 0) is 42.9 Å². The molecule has 2 N–H and O–H groups in total. The van der Waals surface area contributed by atoms with Crippen LogP contribution in [0, 0.1) is 5.92 Å². The number of hydrogen-bond acceptors (Lipinski definition) is 2. The first kappa shape index (κ1) is 19.3. The molecule has 1 aromatic carbocycles. The zero-order valence-electron chi connectivity index (χ0n) is 15.1. The molecular formula is C19H30BrN3O. The summed E-state index contributed by atoms with van der Waals surface area (Å²) >= 11 is 3.53. The molecule has 1 fully saturated rings. The summed E-state index contributed by atoms with van der Waals surface area (Å²) < 4.78 is 6.73. The van der Waals surface area contributed by atoms with E-state index in [4.69, 9.17) is 4.74 Å². The monoisotopic (exact) mass is 395 g/mol. The molecule has 0 saturated carbocycles. The van der Waals surface area contributed by atoms with Crippen molar-refractivity contribution in [2.75, 3.05) is 33.4 Å². The summed E-state index contributed by atoms with van der Waals surface area (Å²) in [6, 6.07) is 8.71. The van der Waals surface area contributed by atoms with Crippen molar-refractivity contribution in [3.05, 3.63) is 34.3 Å². The maximum Gasteiger partial charge on any atom is 0.191 e. The van der Waals surface area contributed by atoms with Crippen LogP contribution in [-0.2, 0) is 10.2 Å². The van der Waals surface area contributed by atoms with E-state index < -0.39 is 0 Å². The fourth-order valence-corrected chi connectivity index (χ4v) is 3.35. The van der Waals surface area contributed by atoms with Gasteiger partial charge in [0.25, 0.3) is 0 Å². The van der Waals surface area contributed by atoms with E-state index in [2.05, 4.69) is 69.7 Å². The molecule has 0 spiro atoms. The predicted molar refractivity (Wildman–Crippen MR) is 105 cm³/mol. The van der Waals surface area contributed by atoms with Gasteiger partial charge in [0.2, 0.25) is 0 Å². The Bertz CT molecular complexity index is 522. The maximum absolute atomic E-state index is 5.61. The van der Waals surface area contributed by atoms with Crippen LogP contribution in [0.4, 0.5) is 0 Å². The normalized spacial score (nSPS) is 17.8. The first-order valence-electron chi connectivity index (χ1n) is 8.84. The summed E-state index contributed by atoms with van der Waals surface area (Å²) in [6.07, 6.45) is 3.21. The number of rotatable bonds is 6. The molecule has 134 valence electrons. The van der Waals surface area contributed by atoms with Gasteiger partial charge in [-0.15, -0.1) is 0 Å². The van der Waals surface area contributed by atoms with Crippen molar-refractivity contribution in [3.63, 3.8) is 0 Å². The van der Waals surface area contributed by atoms with Crippen molar-refractivity contribution >= 4 is 21.9 Å². The Morgan fingerprint density at radius 1 is 1.21 bits per heavy atom. The number of ether oxygens (including phenoxy) is 1. The highest BCUT2D eigenvalue weighted by atomic mass is 79.9. The van der Waals surface area contributed by atoms with Crippen LogP contribution < -0.4 is 10.6 Å². The number of benzene rings is 1. The van der Waals surface area contributed by atoms with Crippen molar-refractivity contribution < 1.29 is 4.74 Å². The van der Waals surface area contributed by atoms with Crippen LogP contribution in [0.25, 0.3) is 0 Å². The fraction of sp³-hybridized carbons (Fsp3) is 0.632. The minimum Gasteiger partial charge on any atom is -0.381 e. The molecule has 1 heterocycles. The van der Waals surface area contributed by atoms with Crippen LogP contribution in [0.1, 0.15) is 38.7 Å². The van der Waals surface area contributed by atoms with Crippen molar-refractivity contribution in [1.82, 2.24) is 10.6 Å². The molecule has 0 amide bonds. The Morgan fingerprint density at radius 2 is 1.88 bits per heavy atom. The highest BCUT2D eigenvalue weighted by molar-refractivity contribution is 9.10. The quantitative estimate of drug-likeness (QED) is 0.569. The Hall–Kier alpha value is -1.07. The third-order valence-corrected chi connectivity index (χ3v) is 5.27. The highest BCUT2D eigenvalue weighted by Gasteiger charge is 2.34. The van der Waals surface area contributed by atoms with Crippen molar-refractivity contribution in [1.29, 1.82) is 0 Å². The van der Waals surface area contributed by atoms with E-state index in [9.17, 15) is 0 Å². The number of nitrogens with zero attached hydrogens (tertiary/aromatic N) is 1. The summed E-state index contributed by atoms with van der Waals surface area (Å²) in [6.45, 7) is 7.93. The average Bonchev–Trinajstić information content (AvgIpc) is 2.59. The molecule has 0 bridgehead atoms. The van der Waals surface area contributed by atoms with Crippen LogP contribution >= 0.6 is 15.9 Å². The molecule has 0 aliphatic carbocycles. The molecule has 0 radical (unpaired) electrons. The van der Waals surface area contributed by atoms with Gasteiger partial charge in [-0.25, -0.2) is 0 Å². The Balaban J connectivity index is 2.02. The number of aliphatic imine (C=N–C) groups is 1. The van der Waals surface area contributed by atoms with E-state index in [1.807, 2.05) is 7.05 Å². The smallest absolute Gasteiger partial charge is 0.191 e. The maximum atomic E-state index is 5.61. The second-order valence-electron chi connectivity index (χ2n) is 6.93. The van der Waals surface area contributed by atoms with Gasteiger partial charge in [-0.1, -0.05) is 41.9 Å². The molecule has 4 nitrogen and oxygen atoms in total. The number of hydrogen-bond donors (Lipinski definition) is 2. The lowest BCUT2D eigenvalue weighted by Gasteiger charge is -2.38. The molecule has 1 aliphatic heterocycles. The number of guanidine groups is 1. The molecule has 0 atom stereocenters. The minimum absolute atomic E-state index is 0.106. The minimum atomic E-state index is 0.106. The molecule has 1 saturated heterocycles. The third-order valence-electron chi connectivity index (χ3n) is 4.74. The van der Waals surface area contributed by atoms with E-state index in [1.165, 1.54) is 5.56 Å². The molecule has 0 aromatic heterocycles. The van der Waals surface area contributed by atoms with Crippen LogP contribution in [0.2, 0.25) is 0 Å². The second kappa shape index (κ2) is 9.42. The van der Waals surface area contributed by atoms with E-state index in [-0.39, 0.29) is 5.41 Å². The van der Waals surface area contributed by atoms with Crippen LogP contribution in [0.5, 0.6) is 0 Å². The summed E-state index contributed by atoms with van der Waals surface area (Å²) in [5.74, 6) is 1.58. The highest BCUT2D eigenvalue weighted by Crippen LogP contribution is 2.34. The lowest BCUT2D eigenvalue weighted by atomic mass is 9.74. The summed E-state index contributed by atoms with van der Waals surface area (Å²) in [5, 5.41) is 6.96. The van der Waals surface area contributed by atoms with Crippen LogP contribution in [-0.4, -0.2) is 39.3 Å².